The van der Waals surface area contributed by atoms with Crippen LogP contribution >= 0.6 is 0 Å². The summed E-state index contributed by atoms with van der Waals surface area (Å²) in [6.45, 7) is 10.6. The lowest BCUT2D eigenvalue weighted by atomic mass is 9.98. The van der Waals surface area contributed by atoms with E-state index < -0.39 is 0 Å². The van der Waals surface area contributed by atoms with Crippen molar-refractivity contribution < 1.29 is 0 Å². The van der Waals surface area contributed by atoms with E-state index in [0.717, 1.165) is 17.2 Å². The maximum atomic E-state index is 4.76. The summed E-state index contributed by atoms with van der Waals surface area (Å²) in [5, 5.41) is 6.95. The predicted octanol–water partition coefficient (Wildman–Crippen LogP) is 3.50. The lowest BCUT2D eigenvalue weighted by molar-refractivity contribution is 0.572. The van der Waals surface area contributed by atoms with E-state index in [-0.39, 0.29) is 11.1 Å². The Morgan fingerprint density at radius 2 is 1.65 bits per heavy atom. The Hall–Kier alpha value is -1.51. The molecule has 1 aliphatic heterocycles. The molecular weight excluding hydrogens is 210 g/mol. The second-order valence-corrected chi connectivity index (χ2v) is 6.05. The molecule has 0 fully saturated rings. The summed E-state index contributed by atoms with van der Waals surface area (Å²) in [5.41, 5.74) is 1.98. The third kappa shape index (κ3) is 2.60. The molecule has 3 nitrogen and oxygen atoms in total. The molecule has 3 heteroatoms. The van der Waals surface area contributed by atoms with Gasteiger partial charge < -0.3 is 10.6 Å². The molecule has 0 saturated carbocycles. The van der Waals surface area contributed by atoms with E-state index in [2.05, 4.69) is 57.4 Å². The standard InChI is InChI=1S/C14H21N3/c1-13(2,3)17-12-14(4,5)16-11-9-7-6-8-10(11)15-12/h6-9,16H,1-5H3,(H,15,17). The van der Waals surface area contributed by atoms with Gasteiger partial charge in [-0.3, -0.25) is 4.99 Å². The number of anilines is 2. The summed E-state index contributed by atoms with van der Waals surface area (Å²) in [6, 6.07) is 8.21. The van der Waals surface area contributed by atoms with Gasteiger partial charge in [0.05, 0.1) is 22.5 Å². The van der Waals surface area contributed by atoms with Crippen molar-refractivity contribution in [3.05, 3.63) is 24.3 Å². The average Bonchev–Trinajstić information content (AvgIpc) is 2.16. The summed E-state index contributed by atoms with van der Waals surface area (Å²) in [5.74, 6) is 0.990. The van der Waals surface area contributed by atoms with Gasteiger partial charge in [-0.25, -0.2) is 0 Å². The number of hydrogen-bond donors (Lipinski definition) is 2. The number of nitrogens with zero attached hydrogens (tertiary/aromatic N) is 1. The summed E-state index contributed by atoms with van der Waals surface area (Å²) >= 11 is 0. The van der Waals surface area contributed by atoms with Crippen LogP contribution in [0.5, 0.6) is 0 Å². The van der Waals surface area contributed by atoms with Crippen LogP contribution in [0.3, 0.4) is 0 Å². The van der Waals surface area contributed by atoms with Crippen LogP contribution in [0.1, 0.15) is 34.6 Å². The minimum Gasteiger partial charge on any atom is -0.371 e. The number of benzene rings is 1. The van der Waals surface area contributed by atoms with E-state index in [1.165, 1.54) is 0 Å². The lowest BCUT2D eigenvalue weighted by Crippen LogP contribution is -2.48. The predicted molar refractivity (Wildman–Crippen MR) is 75.0 cm³/mol. The maximum absolute atomic E-state index is 4.76. The average molecular weight is 231 g/mol. The fraction of sp³-hybridized carbons (Fsp3) is 0.500. The maximum Gasteiger partial charge on any atom is 0.127 e. The molecule has 0 aliphatic carbocycles. The second kappa shape index (κ2) is 3.76. The number of rotatable bonds is 0. The molecule has 1 aliphatic rings. The van der Waals surface area contributed by atoms with E-state index in [1.54, 1.807) is 0 Å². The van der Waals surface area contributed by atoms with Crippen molar-refractivity contribution in [1.29, 1.82) is 0 Å². The van der Waals surface area contributed by atoms with Crippen molar-refractivity contribution in [3.8, 4) is 0 Å². The lowest BCUT2D eigenvalue weighted by Gasteiger charge is -2.37. The highest BCUT2D eigenvalue weighted by Gasteiger charge is 2.31. The highest BCUT2D eigenvalue weighted by Crippen LogP contribution is 2.31. The normalized spacial score (nSPS) is 20.4. The fourth-order valence-electron chi connectivity index (χ4n) is 1.88. The Labute approximate surface area is 103 Å². The van der Waals surface area contributed by atoms with Gasteiger partial charge in [0.25, 0.3) is 0 Å². The van der Waals surface area contributed by atoms with Crippen molar-refractivity contribution in [1.82, 2.24) is 0 Å². The Balaban J connectivity index is 2.42. The molecule has 0 amide bonds. The number of fused-ring (bicyclic) bond motifs is 1. The van der Waals surface area contributed by atoms with Gasteiger partial charge in [0, 0.05) is 0 Å². The van der Waals surface area contributed by atoms with Gasteiger partial charge >= 0.3 is 0 Å². The molecule has 0 unspecified atom stereocenters. The quantitative estimate of drug-likeness (QED) is 0.717. The molecular formula is C14H21N3. The first-order valence-corrected chi connectivity index (χ1v) is 6.02. The summed E-state index contributed by atoms with van der Waals surface area (Å²) in [7, 11) is 0. The van der Waals surface area contributed by atoms with Gasteiger partial charge in [0.1, 0.15) is 5.84 Å². The smallest absolute Gasteiger partial charge is 0.127 e. The molecule has 0 radical (unpaired) electrons. The Kier molecular flexibility index (Phi) is 2.64. The Bertz CT molecular complexity index is 453. The largest absolute Gasteiger partial charge is 0.371 e. The highest BCUT2D eigenvalue weighted by molar-refractivity contribution is 6.09. The molecule has 0 saturated heterocycles. The number of aliphatic imine (C=N–C) groups is 1. The minimum atomic E-state index is -0.165. The second-order valence-electron chi connectivity index (χ2n) is 6.05. The number of amidine groups is 1. The summed E-state index contributed by atoms with van der Waals surface area (Å²) < 4.78 is 0. The first kappa shape index (κ1) is 12.0. The molecule has 0 spiro atoms. The molecule has 2 rings (SSSR count). The molecule has 17 heavy (non-hydrogen) atoms. The monoisotopic (exact) mass is 231 g/mol. The van der Waals surface area contributed by atoms with Gasteiger partial charge in [-0.05, 0) is 46.8 Å². The molecule has 1 heterocycles. The number of para-hydroxylation sites is 2. The number of hydrogen-bond acceptors (Lipinski definition) is 2. The van der Waals surface area contributed by atoms with Gasteiger partial charge in [-0.2, -0.15) is 0 Å². The van der Waals surface area contributed by atoms with Crippen molar-refractivity contribution >= 4 is 17.2 Å². The van der Waals surface area contributed by atoms with Crippen LogP contribution in [-0.4, -0.2) is 16.9 Å². The van der Waals surface area contributed by atoms with Crippen LogP contribution in [0, 0.1) is 0 Å². The molecule has 0 bridgehead atoms. The van der Waals surface area contributed by atoms with Crippen molar-refractivity contribution in [2.75, 3.05) is 10.6 Å². The van der Waals surface area contributed by atoms with Crippen molar-refractivity contribution in [3.63, 3.8) is 0 Å². The summed E-state index contributed by atoms with van der Waals surface area (Å²) in [6.07, 6.45) is 0. The van der Waals surface area contributed by atoms with Gasteiger partial charge in [-0.1, -0.05) is 12.1 Å². The van der Waals surface area contributed by atoms with Crippen LogP contribution in [0.15, 0.2) is 29.3 Å². The zero-order chi connectivity index (χ0) is 12.7. The van der Waals surface area contributed by atoms with Gasteiger partial charge in [0.15, 0.2) is 0 Å². The van der Waals surface area contributed by atoms with E-state index in [0.29, 0.717) is 0 Å². The van der Waals surface area contributed by atoms with Crippen LogP contribution in [-0.2, 0) is 0 Å². The zero-order valence-electron chi connectivity index (χ0n) is 11.3. The van der Waals surface area contributed by atoms with Crippen LogP contribution < -0.4 is 10.6 Å². The van der Waals surface area contributed by atoms with E-state index in [4.69, 9.17) is 4.99 Å². The number of nitrogens with one attached hydrogen (secondary N) is 2. The molecule has 0 atom stereocenters. The van der Waals surface area contributed by atoms with E-state index in [9.17, 15) is 0 Å². The fourth-order valence-corrected chi connectivity index (χ4v) is 1.88. The molecule has 2 N–H and O–H groups in total. The SMILES string of the molecule is CC(C)(C)N=C1Nc2ccccc2NC1(C)C. The minimum absolute atomic E-state index is 0.0758. The third-order valence-corrected chi connectivity index (χ3v) is 2.67. The summed E-state index contributed by atoms with van der Waals surface area (Å²) in [4.78, 5) is 4.76. The first-order chi connectivity index (χ1) is 7.78. The highest BCUT2D eigenvalue weighted by atomic mass is 15.2. The Morgan fingerprint density at radius 3 is 2.24 bits per heavy atom. The topological polar surface area (TPSA) is 36.4 Å². The molecule has 0 aromatic heterocycles. The molecule has 1 aromatic rings. The first-order valence-electron chi connectivity index (χ1n) is 6.02. The van der Waals surface area contributed by atoms with Crippen molar-refractivity contribution in [2.24, 2.45) is 4.99 Å². The van der Waals surface area contributed by atoms with Crippen LogP contribution in [0.25, 0.3) is 0 Å². The molecule has 1 aromatic carbocycles. The van der Waals surface area contributed by atoms with E-state index >= 15 is 0 Å². The van der Waals surface area contributed by atoms with Crippen LogP contribution in [0.2, 0.25) is 0 Å². The van der Waals surface area contributed by atoms with Crippen molar-refractivity contribution in [2.45, 2.75) is 45.7 Å². The Morgan fingerprint density at radius 1 is 1.06 bits per heavy atom. The third-order valence-electron chi connectivity index (χ3n) is 2.67. The van der Waals surface area contributed by atoms with Gasteiger partial charge in [-0.15, -0.1) is 0 Å². The zero-order valence-corrected chi connectivity index (χ0v) is 11.3. The van der Waals surface area contributed by atoms with E-state index in [1.807, 2.05) is 12.1 Å². The van der Waals surface area contributed by atoms with Crippen LogP contribution in [0.4, 0.5) is 11.4 Å². The van der Waals surface area contributed by atoms with Gasteiger partial charge in [0.2, 0.25) is 0 Å². The molecule has 92 valence electrons.